The van der Waals surface area contributed by atoms with Crippen LogP contribution in [0.5, 0.6) is 0 Å². The predicted octanol–water partition coefficient (Wildman–Crippen LogP) is 1.18. The van der Waals surface area contributed by atoms with Gasteiger partial charge in [-0.05, 0) is 25.3 Å². The molecule has 2 atom stereocenters. The third-order valence-electron chi connectivity index (χ3n) is 2.92. The Hall–Kier alpha value is -0.630. The number of methoxy groups -OCH3 is 1. The van der Waals surface area contributed by atoms with Crippen molar-refractivity contribution >= 4 is 27.0 Å². The highest BCUT2D eigenvalue weighted by atomic mass is 32.2. The van der Waals surface area contributed by atoms with Gasteiger partial charge in [-0.25, -0.2) is 13.1 Å². The first-order valence-electron chi connectivity index (χ1n) is 5.42. The summed E-state index contributed by atoms with van der Waals surface area (Å²) in [6.07, 6.45) is 2.68. The second-order valence-electron chi connectivity index (χ2n) is 4.13. The number of rotatable bonds is 4. The fourth-order valence-electron chi connectivity index (χ4n) is 2.07. The van der Waals surface area contributed by atoms with Gasteiger partial charge in [-0.15, -0.1) is 11.3 Å². The smallest absolute Gasteiger partial charge is 0.250 e. The van der Waals surface area contributed by atoms with Gasteiger partial charge < -0.3 is 10.5 Å². The summed E-state index contributed by atoms with van der Waals surface area (Å²) in [5.74, 6) is 0. The first-order valence-corrected chi connectivity index (χ1v) is 7.78. The van der Waals surface area contributed by atoms with E-state index in [1.165, 1.54) is 6.07 Å². The highest BCUT2D eigenvalue weighted by Crippen LogP contribution is 2.26. The van der Waals surface area contributed by atoms with E-state index in [1.54, 1.807) is 12.5 Å². The molecule has 17 heavy (non-hydrogen) atoms. The van der Waals surface area contributed by atoms with Crippen LogP contribution in [0.4, 0.5) is 5.69 Å². The summed E-state index contributed by atoms with van der Waals surface area (Å²) in [4.78, 5) is 0. The van der Waals surface area contributed by atoms with E-state index in [4.69, 9.17) is 10.5 Å². The van der Waals surface area contributed by atoms with Crippen LogP contribution in [0.1, 0.15) is 19.3 Å². The molecule has 2 unspecified atom stereocenters. The molecule has 0 spiro atoms. The lowest BCUT2D eigenvalue weighted by Crippen LogP contribution is -2.40. The van der Waals surface area contributed by atoms with Crippen molar-refractivity contribution in [3.05, 3.63) is 11.4 Å². The van der Waals surface area contributed by atoms with Crippen LogP contribution in [-0.4, -0.2) is 27.7 Å². The minimum atomic E-state index is -3.46. The summed E-state index contributed by atoms with van der Waals surface area (Å²) in [6, 6.07) is 1.34. The molecular weight excluding hydrogens is 260 g/mol. The largest absolute Gasteiger partial charge is 0.398 e. The van der Waals surface area contributed by atoms with Gasteiger partial charge in [0.15, 0.2) is 0 Å². The monoisotopic (exact) mass is 276 g/mol. The van der Waals surface area contributed by atoms with E-state index in [0.717, 1.165) is 30.6 Å². The van der Waals surface area contributed by atoms with Gasteiger partial charge in [-0.1, -0.05) is 0 Å². The third kappa shape index (κ3) is 2.79. The molecule has 0 aliphatic heterocycles. The minimum absolute atomic E-state index is 0.0258. The average Bonchev–Trinajstić information content (AvgIpc) is 2.86. The molecule has 5 nitrogen and oxygen atoms in total. The van der Waals surface area contributed by atoms with Crippen LogP contribution in [0.2, 0.25) is 0 Å². The Bertz CT molecular complexity index is 483. The van der Waals surface area contributed by atoms with Crippen LogP contribution in [0.3, 0.4) is 0 Å². The van der Waals surface area contributed by atoms with Crippen molar-refractivity contribution in [3.63, 3.8) is 0 Å². The Morgan fingerprint density at radius 2 is 2.29 bits per heavy atom. The van der Waals surface area contributed by atoms with Crippen molar-refractivity contribution in [2.24, 2.45) is 0 Å². The molecule has 0 aromatic carbocycles. The van der Waals surface area contributed by atoms with Gasteiger partial charge in [0.1, 0.15) is 4.21 Å². The minimum Gasteiger partial charge on any atom is -0.398 e. The molecule has 3 N–H and O–H groups in total. The van der Waals surface area contributed by atoms with Crippen molar-refractivity contribution < 1.29 is 13.2 Å². The molecule has 96 valence electrons. The average molecular weight is 276 g/mol. The number of anilines is 1. The second kappa shape index (κ2) is 4.93. The van der Waals surface area contributed by atoms with Crippen LogP contribution in [-0.2, 0) is 14.8 Å². The van der Waals surface area contributed by atoms with Crippen molar-refractivity contribution in [2.45, 2.75) is 35.6 Å². The fraction of sp³-hybridized carbons (Fsp3) is 0.600. The molecular formula is C10H16N2O3S2. The lowest BCUT2D eigenvalue weighted by atomic mass is 10.2. The van der Waals surface area contributed by atoms with E-state index < -0.39 is 10.0 Å². The Labute approximate surface area is 105 Å². The first kappa shape index (κ1) is 12.8. The van der Waals surface area contributed by atoms with E-state index in [1.807, 2.05) is 0 Å². The Morgan fingerprint density at radius 1 is 1.53 bits per heavy atom. The Kier molecular flexibility index (Phi) is 3.72. The van der Waals surface area contributed by atoms with Gasteiger partial charge in [-0.2, -0.15) is 0 Å². The van der Waals surface area contributed by atoms with E-state index >= 15 is 0 Å². The van der Waals surface area contributed by atoms with Crippen LogP contribution in [0.15, 0.2) is 15.7 Å². The number of thiophene rings is 1. The molecule has 7 heteroatoms. The van der Waals surface area contributed by atoms with E-state index in [0.29, 0.717) is 5.69 Å². The third-order valence-corrected chi connectivity index (χ3v) is 5.87. The molecule has 1 aromatic rings. The molecule has 1 heterocycles. The number of nitrogens with two attached hydrogens (primary N) is 1. The quantitative estimate of drug-likeness (QED) is 0.865. The number of nitrogen functional groups attached to an aromatic ring is 1. The summed E-state index contributed by atoms with van der Waals surface area (Å²) in [5.41, 5.74) is 6.01. The van der Waals surface area contributed by atoms with Gasteiger partial charge >= 0.3 is 0 Å². The van der Waals surface area contributed by atoms with Gasteiger partial charge in [0.2, 0.25) is 10.0 Å². The summed E-state index contributed by atoms with van der Waals surface area (Å²) in [6.45, 7) is 0. The predicted molar refractivity (Wildman–Crippen MR) is 67.5 cm³/mol. The Balaban J connectivity index is 2.12. The SMILES string of the molecule is COC1CCCC1NS(=O)(=O)c1cc(N)cs1. The van der Waals surface area contributed by atoms with Gasteiger partial charge in [0, 0.05) is 24.2 Å². The summed E-state index contributed by atoms with van der Waals surface area (Å²) in [7, 11) is -1.85. The summed E-state index contributed by atoms with van der Waals surface area (Å²) < 4.78 is 32.3. The maximum atomic E-state index is 12.1. The zero-order valence-electron chi connectivity index (χ0n) is 9.55. The molecule has 0 bridgehead atoms. The number of hydrogen-bond acceptors (Lipinski definition) is 5. The molecule has 0 saturated heterocycles. The van der Waals surface area contributed by atoms with Crippen LogP contribution < -0.4 is 10.5 Å². The first-order chi connectivity index (χ1) is 8.03. The lowest BCUT2D eigenvalue weighted by molar-refractivity contribution is 0.0916. The molecule has 1 aromatic heterocycles. The van der Waals surface area contributed by atoms with Crippen LogP contribution >= 0.6 is 11.3 Å². The van der Waals surface area contributed by atoms with Crippen molar-refractivity contribution in [3.8, 4) is 0 Å². The molecule has 1 aliphatic carbocycles. The number of hydrogen-bond donors (Lipinski definition) is 2. The standard InChI is InChI=1S/C10H16N2O3S2/c1-15-9-4-2-3-8(9)12-17(13,14)10-5-7(11)6-16-10/h5-6,8-9,12H,2-4,11H2,1H3. The number of sulfonamides is 1. The molecule has 0 radical (unpaired) electrons. The van der Waals surface area contributed by atoms with Gasteiger partial charge in [0.25, 0.3) is 0 Å². The van der Waals surface area contributed by atoms with Gasteiger partial charge in [-0.3, -0.25) is 0 Å². The Morgan fingerprint density at radius 3 is 2.88 bits per heavy atom. The van der Waals surface area contributed by atoms with Crippen LogP contribution in [0, 0.1) is 0 Å². The van der Waals surface area contributed by atoms with Crippen LogP contribution in [0.25, 0.3) is 0 Å². The zero-order chi connectivity index (χ0) is 12.5. The highest BCUT2D eigenvalue weighted by molar-refractivity contribution is 7.91. The van der Waals surface area contributed by atoms with E-state index in [9.17, 15) is 8.42 Å². The van der Waals surface area contributed by atoms with Crippen molar-refractivity contribution in [1.82, 2.24) is 4.72 Å². The lowest BCUT2D eigenvalue weighted by Gasteiger charge is -2.18. The molecule has 1 fully saturated rings. The molecule has 1 saturated carbocycles. The zero-order valence-corrected chi connectivity index (χ0v) is 11.2. The van der Waals surface area contributed by atoms with Crippen molar-refractivity contribution in [1.29, 1.82) is 0 Å². The fourth-order valence-corrected chi connectivity index (χ4v) is 4.47. The van der Waals surface area contributed by atoms with Crippen molar-refractivity contribution in [2.75, 3.05) is 12.8 Å². The number of nitrogens with one attached hydrogen (secondary N) is 1. The maximum Gasteiger partial charge on any atom is 0.250 e. The highest BCUT2D eigenvalue weighted by Gasteiger charge is 2.31. The number of ether oxygens (including phenoxy) is 1. The van der Waals surface area contributed by atoms with Gasteiger partial charge in [0.05, 0.1) is 6.10 Å². The summed E-state index contributed by atoms with van der Waals surface area (Å²) in [5, 5.41) is 1.62. The second-order valence-corrected chi connectivity index (χ2v) is 6.98. The summed E-state index contributed by atoms with van der Waals surface area (Å²) >= 11 is 1.13. The maximum absolute atomic E-state index is 12.1. The molecule has 2 rings (SSSR count). The topological polar surface area (TPSA) is 81.4 Å². The van der Waals surface area contributed by atoms with E-state index in [-0.39, 0.29) is 16.4 Å². The van der Waals surface area contributed by atoms with E-state index in [2.05, 4.69) is 4.72 Å². The normalized spacial score (nSPS) is 25.2. The molecule has 1 aliphatic rings. The molecule has 0 amide bonds.